The Balaban J connectivity index is 2.22. The summed E-state index contributed by atoms with van der Waals surface area (Å²) in [6.07, 6.45) is 1.04. The van der Waals surface area contributed by atoms with Gasteiger partial charge in [-0.1, -0.05) is 0 Å². The lowest BCUT2D eigenvalue weighted by Crippen LogP contribution is -2.38. The van der Waals surface area contributed by atoms with Crippen LogP contribution in [0, 0.1) is 4.91 Å². The third-order valence-electron chi connectivity index (χ3n) is 2.48. The van der Waals surface area contributed by atoms with Crippen LogP contribution in [0.1, 0.15) is 0 Å². The standard InChI is InChI=1S/C9H7F4N3O/c10-8(11)4-16(5-9(8,12)13)7-2-1-6(15-17)3-14-7/h1-3H,4-5H2. The number of nitroso groups, excluding NO2 is 1. The molecular weight excluding hydrogens is 242 g/mol. The smallest absolute Gasteiger partial charge is 0.329 e. The molecule has 1 fully saturated rings. The van der Waals surface area contributed by atoms with E-state index < -0.39 is 24.9 Å². The average Bonchev–Trinajstić information content (AvgIpc) is 2.48. The lowest BCUT2D eigenvalue weighted by Gasteiger charge is -2.15. The van der Waals surface area contributed by atoms with E-state index in [0.29, 0.717) is 0 Å². The molecule has 0 N–H and O–H groups in total. The lowest BCUT2D eigenvalue weighted by molar-refractivity contribution is -0.172. The maximum Gasteiger partial charge on any atom is 0.329 e. The molecule has 1 aliphatic heterocycles. The molecule has 4 nitrogen and oxygen atoms in total. The van der Waals surface area contributed by atoms with Gasteiger partial charge < -0.3 is 4.90 Å². The van der Waals surface area contributed by atoms with Gasteiger partial charge in [0, 0.05) is 0 Å². The molecule has 0 amide bonds. The molecule has 0 aromatic carbocycles. The maximum absolute atomic E-state index is 12.9. The van der Waals surface area contributed by atoms with E-state index in [1.165, 1.54) is 12.1 Å². The third kappa shape index (κ3) is 1.94. The monoisotopic (exact) mass is 249 g/mol. The van der Waals surface area contributed by atoms with Gasteiger partial charge in [-0.05, 0) is 17.3 Å². The van der Waals surface area contributed by atoms with Crippen molar-refractivity contribution in [1.82, 2.24) is 4.98 Å². The minimum atomic E-state index is -4.07. The van der Waals surface area contributed by atoms with Gasteiger partial charge in [0.1, 0.15) is 11.5 Å². The van der Waals surface area contributed by atoms with Crippen LogP contribution in [0.2, 0.25) is 0 Å². The van der Waals surface area contributed by atoms with E-state index >= 15 is 0 Å². The Bertz CT molecular complexity index is 418. The van der Waals surface area contributed by atoms with Gasteiger partial charge in [0.15, 0.2) is 0 Å². The van der Waals surface area contributed by atoms with E-state index in [4.69, 9.17) is 0 Å². The highest BCUT2D eigenvalue weighted by molar-refractivity contribution is 5.47. The van der Waals surface area contributed by atoms with E-state index in [1.807, 2.05) is 0 Å². The van der Waals surface area contributed by atoms with Crippen LogP contribution in [0.5, 0.6) is 0 Å². The van der Waals surface area contributed by atoms with Crippen molar-refractivity contribution < 1.29 is 17.6 Å². The number of nitrogens with zero attached hydrogens (tertiary/aromatic N) is 3. The Morgan fingerprint density at radius 1 is 1.18 bits per heavy atom. The van der Waals surface area contributed by atoms with Crippen LogP contribution in [0.15, 0.2) is 23.5 Å². The van der Waals surface area contributed by atoms with E-state index in [1.54, 1.807) is 0 Å². The molecule has 92 valence electrons. The molecule has 1 aliphatic rings. The number of anilines is 1. The Morgan fingerprint density at radius 2 is 1.76 bits per heavy atom. The van der Waals surface area contributed by atoms with Crippen LogP contribution in [0.3, 0.4) is 0 Å². The second-order valence-electron chi connectivity index (χ2n) is 3.73. The van der Waals surface area contributed by atoms with Gasteiger partial charge in [0.25, 0.3) is 0 Å². The zero-order valence-corrected chi connectivity index (χ0v) is 8.41. The predicted molar refractivity (Wildman–Crippen MR) is 51.8 cm³/mol. The molecule has 2 rings (SSSR count). The summed E-state index contributed by atoms with van der Waals surface area (Å²) >= 11 is 0. The highest BCUT2D eigenvalue weighted by atomic mass is 19.3. The molecule has 0 saturated carbocycles. The highest BCUT2D eigenvalue weighted by Gasteiger charge is 2.63. The maximum atomic E-state index is 12.9. The van der Waals surface area contributed by atoms with Crippen LogP contribution in [0.25, 0.3) is 0 Å². The normalized spacial score (nSPS) is 21.5. The van der Waals surface area contributed by atoms with Crippen LogP contribution < -0.4 is 4.90 Å². The fourth-order valence-electron chi connectivity index (χ4n) is 1.55. The molecule has 1 aromatic heterocycles. The van der Waals surface area contributed by atoms with Crippen LogP contribution in [-0.2, 0) is 0 Å². The zero-order chi connectivity index (χ0) is 12.7. The van der Waals surface area contributed by atoms with Crippen molar-refractivity contribution in [3.63, 3.8) is 0 Å². The summed E-state index contributed by atoms with van der Waals surface area (Å²) in [6.45, 7) is -2.19. The fourth-order valence-corrected chi connectivity index (χ4v) is 1.55. The number of hydrogen-bond acceptors (Lipinski definition) is 4. The third-order valence-corrected chi connectivity index (χ3v) is 2.48. The number of hydrogen-bond donors (Lipinski definition) is 0. The number of rotatable bonds is 2. The van der Waals surface area contributed by atoms with Crippen molar-refractivity contribution in [2.45, 2.75) is 11.8 Å². The quantitative estimate of drug-likeness (QED) is 0.597. The summed E-state index contributed by atoms with van der Waals surface area (Å²) in [5.74, 6) is -8.18. The highest BCUT2D eigenvalue weighted by Crippen LogP contribution is 2.42. The second kappa shape index (κ2) is 3.64. The number of alkyl halides is 4. The van der Waals surface area contributed by atoms with E-state index in [2.05, 4.69) is 10.2 Å². The van der Waals surface area contributed by atoms with E-state index in [0.717, 1.165) is 11.1 Å². The van der Waals surface area contributed by atoms with Gasteiger partial charge in [-0.25, -0.2) is 4.98 Å². The van der Waals surface area contributed by atoms with Crippen molar-refractivity contribution in [3.05, 3.63) is 23.2 Å². The molecule has 0 radical (unpaired) electrons. The SMILES string of the molecule is O=Nc1ccc(N2CC(F)(F)C(F)(F)C2)nc1. The molecule has 17 heavy (non-hydrogen) atoms. The summed E-state index contributed by atoms with van der Waals surface area (Å²) in [6, 6.07) is 2.43. The van der Waals surface area contributed by atoms with Crippen molar-refractivity contribution in [2.75, 3.05) is 18.0 Å². The molecule has 0 aliphatic carbocycles. The Kier molecular flexibility index (Phi) is 2.52. The van der Waals surface area contributed by atoms with Crippen LogP contribution in [-0.4, -0.2) is 29.9 Å². The summed E-state index contributed by atoms with van der Waals surface area (Å²) < 4.78 is 51.7. The number of aromatic nitrogens is 1. The summed E-state index contributed by atoms with van der Waals surface area (Å²) in [4.78, 5) is 14.5. The van der Waals surface area contributed by atoms with Gasteiger partial charge in [-0.2, -0.15) is 17.6 Å². The predicted octanol–water partition coefficient (Wildman–Crippen LogP) is 2.57. The Labute approximate surface area is 93.2 Å². The fraction of sp³-hybridized carbons (Fsp3) is 0.444. The van der Waals surface area contributed by atoms with Gasteiger partial charge in [0.2, 0.25) is 0 Å². The second-order valence-corrected chi connectivity index (χ2v) is 3.73. The average molecular weight is 249 g/mol. The molecular formula is C9H7F4N3O. The number of pyridine rings is 1. The first-order chi connectivity index (χ1) is 7.86. The van der Waals surface area contributed by atoms with Gasteiger partial charge in [-0.15, -0.1) is 4.91 Å². The number of halogens is 4. The van der Waals surface area contributed by atoms with Crippen LogP contribution >= 0.6 is 0 Å². The van der Waals surface area contributed by atoms with Gasteiger partial charge in [0.05, 0.1) is 19.3 Å². The molecule has 2 heterocycles. The summed E-state index contributed by atoms with van der Waals surface area (Å²) in [5.41, 5.74) is 0.00599. The van der Waals surface area contributed by atoms with E-state index in [9.17, 15) is 22.5 Å². The first-order valence-electron chi connectivity index (χ1n) is 4.66. The largest absolute Gasteiger partial charge is 0.344 e. The molecule has 1 aromatic rings. The topological polar surface area (TPSA) is 45.6 Å². The first kappa shape index (κ1) is 11.7. The van der Waals surface area contributed by atoms with Gasteiger partial charge >= 0.3 is 11.8 Å². The van der Waals surface area contributed by atoms with Gasteiger partial charge in [-0.3, -0.25) is 0 Å². The van der Waals surface area contributed by atoms with Crippen molar-refractivity contribution in [3.8, 4) is 0 Å². The molecule has 1 saturated heterocycles. The Hall–Kier alpha value is -1.73. The molecule has 8 heteroatoms. The Morgan fingerprint density at radius 3 is 2.18 bits per heavy atom. The molecule has 0 unspecified atom stereocenters. The van der Waals surface area contributed by atoms with Crippen LogP contribution in [0.4, 0.5) is 29.1 Å². The van der Waals surface area contributed by atoms with Crippen molar-refractivity contribution >= 4 is 11.5 Å². The molecule has 0 bridgehead atoms. The first-order valence-corrected chi connectivity index (χ1v) is 4.66. The summed E-state index contributed by atoms with van der Waals surface area (Å²) in [5, 5.41) is 2.57. The lowest BCUT2D eigenvalue weighted by atomic mass is 10.2. The van der Waals surface area contributed by atoms with Crippen molar-refractivity contribution in [1.29, 1.82) is 0 Å². The zero-order valence-electron chi connectivity index (χ0n) is 8.41. The minimum absolute atomic E-state index is 0.00599. The van der Waals surface area contributed by atoms with E-state index in [-0.39, 0.29) is 11.5 Å². The minimum Gasteiger partial charge on any atom is -0.344 e. The molecule has 0 spiro atoms. The molecule has 0 atom stereocenters. The van der Waals surface area contributed by atoms with Crippen molar-refractivity contribution in [2.24, 2.45) is 5.18 Å². The summed E-state index contributed by atoms with van der Waals surface area (Å²) in [7, 11) is 0.